The molecule has 0 aliphatic carbocycles. The third-order valence-corrected chi connectivity index (χ3v) is 3.00. The monoisotopic (exact) mass is 245 g/mol. The first-order valence-corrected chi connectivity index (χ1v) is 6.30. The summed E-state index contributed by atoms with van der Waals surface area (Å²) in [5.41, 5.74) is -0.607. The smallest absolute Gasteiger partial charge is 0.169 e. The Hall–Kier alpha value is -0.390. The molecule has 1 aliphatic rings. The molecule has 0 unspecified atom stereocenters. The lowest BCUT2D eigenvalue weighted by atomic mass is 10.1. The summed E-state index contributed by atoms with van der Waals surface area (Å²) in [5.74, 6) is 0. The maximum atomic E-state index is 9.74. The van der Waals surface area contributed by atoms with E-state index in [1.165, 1.54) is 0 Å². The van der Waals surface area contributed by atoms with Crippen LogP contribution >= 0.6 is 12.2 Å². The van der Waals surface area contributed by atoms with Crippen molar-refractivity contribution in [3.63, 3.8) is 0 Å². The molecule has 16 heavy (non-hydrogen) atoms. The van der Waals surface area contributed by atoms with Gasteiger partial charge in [0, 0.05) is 39.3 Å². The molecule has 4 nitrogen and oxygen atoms in total. The van der Waals surface area contributed by atoms with E-state index in [4.69, 9.17) is 12.2 Å². The molecule has 5 heteroatoms. The molecule has 0 aromatic heterocycles. The molecule has 0 amide bonds. The molecule has 94 valence electrons. The molecule has 0 saturated carbocycles. The van der Waals surface area contributed by atoms with Crippen LogP contribution in [0.3, 0.4) is 0 Å². The number of rotatable bonds is 3. The maximum Gasteiger partial charge on any atom is 0.169 e. The SMILES string of the molecule is CCNC(=S)N1CCN(CC(C)(C)O)CC1. The number of β-amino-alcohol motifs (C(OH)–C–C–N with tert-alkyl or cyclic N) is 1. The molecule has 2 N–H and O–H groups in total. The molecule has 1 saturated heterocycles. The Kier molecular flexibility index (Phi) is 4.95. The average molecular weight is 245 g/mol. The van der Waals surface area contributed by atoms with E-state index in [2.05, 4.69) is 22.0 Å². The first-order valence-electron chi connectivity index (χ1n) is 5.90. The van der Waals surface area contributed by atoms with E-state index in [1.807, 2.05) is 13.8 Å². The minimum atomic E-state index is -0.607. The zero-order valence-corrected chi connectivity index (χ0v) is 11.3. The normalized spacial score (nSPS) is 18.6. The fourth-order valence-corrected chi connectivity index (χ4v) is 2.25. The van der Waals surface area contributed by atoms with Gasteiger partial charge in [-0.3, -0.25) is 4.90 Å². The molecule has 1 heterocycles. The van der Waals surface area contributed by atoms with Gasteiger partial charge < -0.3 is 15.3 Å². The highest BCUT2D eigenvalue weighted by molar-refractivity contribution is 7.80. The molecule has 0 spiro atoms. The van der Waals surface area contributed by atoms with Crippen molar-refractivity contribution >= 4 is 17.3 Å². The van der Waals surface area contributed by atoms with Crippen LogP contribution < -0.4 is 5.32 Å². The van der Waals surface area contributed by atoms with E-state index in [0.717, 1.165) is 44.4 Å². The lowest BCUT2D eigenvalue weighted by Crippen LogP contribution is -2.54. The second-order valence-electron chi connectivity index (χ2n) is 4.91. The number of nitrogens with zero attached hydrogens (tertiary/aromatic N) is 2. The van der Waals surface area contributed by atoms with Gasteiger partial charge in [-0.05, 0) is 33.0 Å². The third kappa shape index (κ3) is 4.63. The van der Waals surface area contributed by atoms with Gasteiger partial charge in [0.25, 0.3) is 0 Å². The average Bonchev–Trinajstić information content (AvgIpc) is 2.16. The summed E-state index contributed by atoms with van der Waals surface area (Å²) >= 11 is 5.27. The number of hydrogen-bond donors (Lipinski definition) is 2. The molecule has 1 fully saturated rings. The van der Waals surface area contributed by atoms with Crippen LogP contribution in [-0.4, -0.2) is 64.9 Å². The number of thiocarbonyl (C=S) groups is 1. The van der Waals surface area contributed by atoms with Gasteiger partial charge >= 0.3 is 0 Å². The van der Waals surface area contributed by atoms with E-state index >= 15 is 0 Å². The Bertz CT molecular complexity index is 232. The number of nitrogens with one attached hydrogen (secondary N) is 1. The lowest BCUT2D eigenvalue weighted by Gasteiger charge is -2.38. The summed E-state index contributed by atoms with van der Waals surface area (Å²) in [6.07, 6.45) is 0. The van der Waals surface area contributed by atoms with Gasteiger partial charge in [0.1, 0.15) is 0 Å². The fourth-order valence-electron chi connectivity index (χ4n) is 1.92. The zero-order valence-electron chi connectivity index (χ0n) is 10.5. The highest BCUT2D eigenvalue weighted by Crippen LogP contribution is 2.08. The van der Waals surface area contributed by atoms with Crippen LogP contribution in [0.5, 0.6) is 0 Å². The van der Waals surface area contributed by atoms with Crippen LogP contribution in [0, 0.1) is 0 Å². The topological polar surface area (TPSA) is 38.7 Å². The predicted octanol–water partition coefficient (Wildman–Crippen LogP) is 0.269. The van der Waals surface area contributed by atoms with Gasteiger partial charge in [0.15, 0.2) is 5.11 Å². The molecule has 1 aliphatic heterocycles. The predicted molar refractivity (Wildman–Crippen MR) is 70.6 cm³/mol. The summed E-state index contributed by atoms with van der Waals surface area (Å²) in [6.45, 7) is 11.2. The summed E-state index contributed by atoms with van der Waals surface area (Å²) in [6, 6.07) is 0. The van der Waals surface area contributed by atoms with Gasteiger partial charge in [-0.1, -0.05) is 0 Å². The molecule has 0 atom stereocenters. The molecule has 0 aromatic carbocycles. The van der Waals surface area contributed by atoms with Crippen LogP contribution in [0.15, 0.2) is 0 Å². The van der Waals surface area contributed by atoms with Crippen molar-refractivity contribution in [3.8, 4) is 0 Å². The highest BCUT2D eigenvalue weighted by atomic mass is 32.1. The minimum absolute atomic E-state index is 0.607. The van der Waals surface area contributed by atoms with Crippen LogP contribution in [-0.2, 0) is 0 Å². The van der Waals surface area contributed by atoms with E-state index in [9.17, 15) is 5.11 Å². The Morgan fingerprint density at radius 1 is 1.31 bits per heavy atom. The molecular formula is C11H23N3OS. The molecular weight excluding hydrogens is 222 g/mol. The van der Waals surface area contributed by atoms with Gasteiger partial charge in [-0.15, -0.1) is 0 Å². The van der Waals surface area contributed by atoms with Gasteiger partial charge in [-0.2, -0.15) is 0 Å². The molecule has 0 bridgehead atoms. The minimum Gasteiger partial charge on any atom is -0.389 e. The standard InChI is InChI=1S/C11H23N3OS/c1-4-12-10(16)14-7-5-13(6-8-14)9-11(2,3)15/h15H,4-9H2,1-3H3,(H,12,16). The van der Waals surface area contributed by atoms with E-state index in [-0.39, 0.29) is 0 Å². The van der Waals surface area contributed by atoms with Crippen LogP contribution in [0.1, 0.15) is 20.8 Å². The van der Waals surface area contributed by atoms with Gasteiger partial charge in [0.05, 0.1) is 5.60 Å². The van der Waals surface area contributed by atoms with Crippen molar-refractivity contribution in [3.05, 3.63) is 0 Å². The number of aliphatic hydroxyl groups is 1. The molecule has 0 aromatic rings. The summed E-state index contributed by atoms with van der Waals surface area (Å²) in [5, 5.41) is 13.8. The lowest BCUT2D eigenvalue weighted by molar-refractivity contribution is 0.0251. The zero-order chi connectivity index (χ0) is 12.2. The Morgan fingerprint density at radius 3 is 2.31 bits per heavy atom. The summed E-state index contributed by atoms with van der Waals surface area (Å²) < 4.78 is 0. The highest BCUT2D eigenvalue weighted by Gasteiger charge is 2.23. The van der Waals surface area contributed by atoms with Crippen molar-refractivity contribution in [2.45, 2.75) is 26.4 Å². The quantitative estimate of drug-likeness (QED) is 0.698. The Morgan fingerprint density at radius 2 is 1.88 bits per heavy atom. The Labute approximate surface area is 104 Å². The molecule has 1 rings (SSSR count). The first kappa shape index (κ1) is 13.7. The maximum absolute atomic E-state index is 9.74. The Balaban J connectivity index is 2.31. The summed E-state index contributed by atoms with van der Waals surface area (Å²) in [7, 11) is 0. The van der Waals surface area contributed by atoms with Crippen LogP contribution in [0.25, 0.3) is 0 Å². The fraction of sp³-hybridized carbons (Fsp3) is 0.909. The van der Waals surface area contributed by atoms with E-state index < -0.39 is 5.60 Å². The van der Waals surface area contributed by atoms with Crippen molar-refractivity contribution in [1.29, 1.82) is 0 Å². The van der Waals surface area contributed by atoms with Crippen molar-refractivity contribution in [1.82, 2.24) is 15.1 Å². The van der Waals surface area contributed by atoms with E-state index in [1.54, 1.807) is 0 Å². The van der Waals surface area contributed by atoms with Gasteiger partial charge in [-0.25, -0.2) is 0 Å². The van der Waals surface area contributed by atoms with Crippen LogP contribution in [0.4, 0.5) is 0 Å². The largest absolute Gasteiger partial charge is 0.389 e. The van der Waals surface area contributed by atoms with Crippen LogP contribution in [0.2, 0.25) is 0 Å². The number of piperazine rings is 1. The van der Waals surface area contributed by atoms with Crippen molar-refractivity contribution in [2.24, 2.45) is 0 Å². The van der Waals surface area contributed by atoms with Crippen molar-refractivity contribution in [2.75, 3.05) is 39.3 Å². The van der Waals surface area contributed by atoms with E-state index in [0.29, 0.717) is 0 Å². The molecule has 0 radical (unpaired) electrons. The summed E-state index contributed by atoms with van der Waals surface area (Å²) in [4.78, 5) is 4.48. The second kappa shape index (κ2) is 5.80. The number of hydrogen-bond acceptors (Lipinski definition) is 3. The second-order valence-corrected chi connectivity index (χ2v) is 5.30. The van der Waals surface area contributed by atoms with Gasteiger partial charge in [0.2, 0.25) is 0 Å². The third-order valence-electron chi connectivity index (χ3n) is 2.60. The first-order chi connectivity index (χ1) is 7.42. The van der Waals surface area contributed by atoms with Crippen molar-refractivity contribution < 1.29 is 5.11 Å².